The van der Waals surface area contributed by atoms with Crippen LogP contribution < -0.4 is 5.32 Å². The molecule has 2 aromatic carbocycles. The maximum atomic E-state index is 3.63. The van der Waals surface area contributed by atoms with E-state index < -0.39 is 0 Å². The average Bonchev–Trinajstić information content (AvgIpc) is 2.64. The molecule has 23 heavy (non-hydrogen) atoms. The maximum Gasteiger partial charge on any atom is 0.00761 e. The molecular formula is C22H29N. The molecule has 122 valence electrons. The van der Waals surface area contributed by atoms with Crippen molar-refractivity contribution < 1.29 is 0 Å². The summed E-state index contributed by atoms with van der Waals surface area (Å²) >= 11 is 0. The van der Waals surface area contributed by atoms with E-state index >= 15 is 0 Å². The number of hydrogen-bond acceptors (Lipinski definition) is 1. The summed E-state index contributed by atoms with van der Waals surface area (Å²) < 4.78 is 0. The molecule has 0 aliphatic rings. The molecule has 0 radical (unpaired) electrons. The number of nitrogens with one attached hydrogen (secondary N) is 1. The molecule has 0 spiro atoms. The van der Waals surface area contributed by atoms with Crippen LogP contribution in [0.4, 0.5) is 0 Å². The van der Waals surface area contributed by atoms with Crippen molar-refractivity contribution in [2.75, 3.05) is 7.05 Å². The highest BCUT2D eigenvalue weighted by molar-refractivity contribution is 5.45. The minimum Gasteiger partial charge on any atom is -0.317 e. The lowest BCUT2D eigenvalue weighted by molar-refractivity contribution is 0.608. The van der Waals surface area contributed by atoms with E-state index in [0.29, 0.717) is 6.04 Å². The standard InChI is InChI=1S/C10H15N.C8H8.C4H6/c1-9(11-2)8-10-6-4-3-5-7-10;1-2-8-6-4-3-5-7-8;1-3-4-2/h3-7,9,11H,8H2,1-2H3;2-7H,1H2;3-4H,1-2H2/t9-;;/m0../s1. The lowest BCUT2D eigenvalue weighted by Crippen LogP contribution is -2.23. The van der Waals surface area contributed by atoms with E-state index in [0.717, 1.165) is 6.42 Å². The van der Waals surface area contributed by atoms with Crippen LogP contribution in [0.15, 0.2) is 92.6 Å². The smallest absolute Gasteiger partial charge is 0.00761 e. The molecule has 2 aromatic rings. The van der Waals surface area contributed by atoms with Gasteiger partial charge in [-0.25, -0.2) is 0 Å². The molecule has 0 aliphatic heterocycles. The normalized spacial score (nSPS) is 10.0. The van der Waals surface area contributed by atoms with Gasteiger partial charge in [0.05, 0.1) is 0 Å². The molecule has 2 rings (SSSR count). The lowest BCUT2D eigenvalue weighted by atomic mass is 10.1. The number of hydrogen-bond donors (Lipinski definition) is 1. The second-order valence-corrected chi connectivity index (χ2v) is 4.97. The Morgan fingerprint density at radius 1 is 0.870 bits per heavy atom. The van der Waals surface area contributed by atoms with Crippen LogP contribution in [0, 0.1) is 0 Å². The summed E-state index contributed by atoms with van der Waals surface area (Å²) in [6, 6.07) is 21.1. The van der Waals surface area contributed by atoms with Gasteiger partial charge in [0.25, 0.3) is 0 Å². The third kappa shape index (κ3) is 11.9. The molecule has 1 heteroatoms. The summed E-state index contributed by atoms with van der Waals surface area (Å²) in [5, 5.41) is 3.21. The summed E-state index contributed by atoms with van der Waals surface area (Å²) in [6.45, 7) is 12.5. The van der Waals surface area contributed by atoms with Gasteiger partial charge in [0.15, 0.2) is 0 Å². The van der Waals surface area contributed by atoms with Crippen molar-refractivity contribution >= 4 is 6.08 Å². The van der Waals surface area contributed by atoms with Crippen LogP contribution in [0.2, 0.25) is 0 Å². The number of likely N-dealkylation sites (N-methyl/N-ethyl adjacent to an activating group) is 1. The highest BCUT2D eigenvalue weighted by Crippen LogP contribution is 2.01. The Labute approximate surface area is 142 Å². The first-order chi connectivity index (χ1) is 11.2. The van der Waals surface area contributed by atoms with Crippen LogP contribution in [0.5, 0.6) is 0 Å². The van der Waals surface area contributed by atoms with Gasteiger partial charge in [-0.1, -0.05) is 98.6 Å². The fourth-order valence-corrected chi connectivity index (χ4v) is 1.66. The minimum absolute atomic E-state index is 0.567. The maximum absolute atomic E-state index is 3.63. The molecule has 0 heterocycles. The molecular weight excluding hydrogens is 278 g/mol. The SMILES string of the molecule is C=CC=C.C=Cc1ccccc1.CN[C@@H](C)Cc1ccccc1. The fraction of sp³-hybridized carbons (Fsp3) is 0.182. The molecule has 0 aliphatic carbocycles. The van der Waals surface area contributed by atoms with E-state index in [1.165, 1.54) is 11.1 Å². The van der Waals surface area contributed by atoms with E-state index in [4.69, 9.17) is 0 Å². The minimum atomic E-state index is 0.567. The van der Waals surface area contributed by atoms with Crippen LogP contribution in [0.3, 0.4) is 0 Å². The van der Waals surface area contributed by atoms with E-state index in [9.17, 15) is 0 Å². The fourth-order valence-electron chi connectivity index (χ4n) is 1.66. The van der Waals surface area contributed by atoms with Gasteiger partial charge in [-0.2, -0.15) is 0 Å². The predicted octanol–water partition coefficient (Wildman–Crippen LogP) is 5.53. The Hall–Kier alpha value is -2.38. The molecule has 1 nitrogen and oxygen atoms in total. The monoisotopic (exact) mass is 307 g/mol. The third-order valence-electron chi connectivity index (χ3n) is 3.08. The Morgan fingerprint density at radius 3 is 1.70 bits per heavy atom. The van der Waals surface area contributed by atoms with Gasteiger partial charge in [-0.05, 0) is 31.5 Å². The van der Waals surface area contributed by atoms with Crippen molar-refractivity contribution in [2.45, 2.75) is 19.4 Å². The van der Waals surface area contributed by atoms with E-state index in [-0.39, 0.29) is 0 Å². The molecule has 1 N–H and O–H groups in total. The number of rotatable bonds is 5. The summed E-state index contributed by atoms with van der Waals surface area (Å²) in [7, 11) is 1.99. The van der Waals surface area contributed by atoms with E-state index in [2.05, 4.69) is 56.2 Å². The third-order valence-corrected chi connectivity index (χ3v) is 3.08. The number of allylic oxidation sites excluding steroid dienone is 2. The van der Waals surface area contributed by atoms with Gasteiger partial charge in [-0.3, -0.25) is 0 Å². The van der Waals surface area contributed by atoms with E-state index in [1.54, 1.807) is 12.2 Å². The quantitative estimate of drug-likeness (QED) is 0.717. The second kappa shape index (κ2) is 14.6. The molecule has 0 saturated carbocycles. The van der Waals surface area contributed by atoms with Gasteiger partial charge in [0.1, 0.15) is 0 Å². The van der Waals surface area contributed by atoms with Crippen LogP contribution in [0.25, 0.3) is 6.08 Å². The van der Waals surface area contributed by atoms with Gasteiger partial charge >= 0.3 is 0 Å². The van der Waals surface area contributed by atoms with Crippen molar-refractivity contribution in [2.24, 2.45) is 0 Å². The molecule has 1 atom stereocenters. The zero-order chi connectivity index (χ0) is 17.3. The summed E-state index contributed by atoms with van der Waals surface area (Å²) in [6.07, 6.45) is 6.22. The Bertz CT molecular complexity index is 522. The van der Waals surface area contributed by atoms with Crippen molar-refractivity contribution in [1.82, 2.24) is 5.32 Å². The highest BCUT2D eigenvalue weighted by Gasteiger charge is 1.97. The second-order valence-electron chi connectivity index (χ2n) is 4.97. The van der Waals surface area contributed by atoms with Crippen LogP contribution >= 0.6 is 0 Å². The first kappa shape index (κ1) is 20.6. The zero-order valence-corrected chi connectivity index (χ0v) is 14.4. The molecule has 0 fully saturated rings. The van der Waals surface area contributed by atoms with Gasteiger partial charge in [0.2, 0.25) is 0 Å². The first-order valence-corrected chi connectivity index (χ1v) is 7.80. The molecule has 0 bridgehead atoms. The summed E-state index contributed by atoms with van der Waals surface area (Å²) in [4.78, 5) is 0. The van der Waals surface area contributed by atoms with Crippen LogP contribution in [-0.4, -0.2) is 13.1 Å². The Morgan fingerprint density at radius 2 is 1.35 bits per heavy atom. The van der Waals surface area contributed by atoms with Crippen molar-refractivity contribution in [3.05, 3.63) is 104 Å². The highest BCUT2D eigenvalue weighted by atomic mass is 14.8. The van der Waals surface area contributed by atoms with Crippen molar-refractivity contribution in [1.29, 1.82) is 0 Å². The predicted molar refractivity (Wildman–Crippen MR) is 106 cm³/mol. The molecule has 0 saturated heterocycles. The van der Waals surface area contributed by atoms with Gasteiger partial charge in [0, 0.05) is 6.04 Å². The van der Waals surface area contributed by atoms with Crippen LogP contribution in [-0.2, 0) is 6.42 Å². The van der Waals surface area contributed by atoms with Gasteiger partial charge in [-0.15, -0.1) is 0 Å². The Kier molecular flexibility index (Phi) is 13.0. The average molecular weight is 307 g/mol. The lowest BCUT2D eigenvalue weighted by Gasteiger charge is -2.08. The molecule has 0 amide bonds. The van der Waals surface area contributed by atoms with Gasteiger partial charge < -0.3 is 5.32 Å². The molecule has 0 aromatic heterocycles. The van der Waals surface area contributed by atoms with Crippen molar-refractivity contribution in [3.8, 4) is 0 Å². The van der Waals surface area contributed by atoms with Crippen molar-refractivity contribution in [3.63, 3.8) is 0 Å². The van der Waals surface area contributed by atoms with Crippen LogP contribution in [0.1, 0.15) is 18.1 Å². The largest absolute Gasteiger partial charge is 0.317 e. The Balaban J connectivity index is 0.000000354. The summed E-state index contributed by atoms with van der Waals surface area (Å²) in [5.41, 5.74) is 2.57. The zero-order valence-electron chi connectivity index (χ0n) is 14.4. The first-order valence-electron chi connectivity index (χ1n) is 7.80. The van der Waals surface area contributed by atoms with E-state index in [1.807, 2.05) is 49.5 Å². The number of benzene rings is 2. The summed E-state index contributed by atoms with van der Waals surface area (Å²) in [5.74, 6) is 0. The topological polar surface area (TPSA) is 12.0 Å². The molecule has 0 unspecified atom stereocenters.